The molecular weight excluding hydrogens is 323 g/mol. The van der Waals surface area contributed by atoms with E-state index in [4.69, 9.17) is 23.2 Å². The molecule has 1 aromatic carbocycles. The summed E-state index contributed by atoms with van der Waals surface area (Å²) >= 11 is 11.7. The molecule has 0 aliphatic heterocycles. The molecule has 1 aromatic heterocycles. The number of nitrogens with zero attached hydrogens (tertiary/aromatic N) is 2. The Kier molecular flexibility index (Phi) is 5.98. The van der Waals surface area contributed by atoms with Crippen LogP contribution in [0.15, 0.2) is 30.6 Å². The van der Waals surface area contributed by atoms with E-state index in [0.717, 1.165) is 19.4 Å². The molecular formula is C15H16Cl2N4O. The van der Waals surface area contributed by atoms with Crippen LogP contribution in [0.3, 0.4) is 0 Å². The predicted molar refractivity (Wildman–Crippen MR) is 89.8 cm³/mol. The maximum absolute atomic E-state index is 12.1. The fourth-order valence-electron chi connectivity index (χ4n) is 1.69. The summed E-state index contributed by atoms with van der Waals surface area (Å²) in [7, 11) is 0. The minimum absolute atomic E-state index is 0.307. The number of nitrogens with one attached hydrogen (secondary N) is 2. The highest BCUT2D eigenvalue weighted by Gasteiger charge is 2.08. The van der Waals surface area contributed by atoms with Gasteiger partial charge >= 0.3 is 0 Å². The van der Waals surface area contributed by atoms with E-state index in [1.165, 1.54) is 12.4 Å². The smallest absolute Gasteiger partial charge is 0.258 e. The largest absolute Gasteiger partial charge is 0.354 e. The Morgan fingerprint density at radius 2 is 1.91 bits per heavy atom. The summed E-state index contributed by atoms with van der Waals surface area (Å²) in [6.45, 7) is 2.92. The zero-order valence-corrected chi connectivity index (χ0v) is 13.6. The Morgan fingerprint density at radius 1 is 1.18 bits per heavy atom. The van der Waals surface area contributed by atoms with E-state index in [1.54, 1.807) is 18.2 Å². The lowest BCUT2D eigenvalue weighted by molar-refractivity contribution is 0.102. The third kappa shape index (κ3) is 4.58. The number of aromatic nitrogens is 2. The first kappa shape index (κ1) is 16.5. The molecule has 0 unspecified atom stereocenters. The van der Waals surface area contributed by atoms with Gasteiger partial charge in [-0.1, -0.05) is 36.5 Å². The van der Waals surface area contributed by atoms with Gasteiger partial charge in [-0.15, -0.1) is 0 Å². The normalized spacial score (nSPS) is 10.3. The molecule has 0 aliphatic carbocycles. The predicted octanol–water partition coefficient (Wildman–Crippen LogP) is 4.25. The number of hydrogen-bond donors (Lipinski definition) is 2. The van der Waals surface area contributed by atoms with Crippen molar-refractivity contribution in [1.29, 1.82) is 0 Å². The Balaban J connectivity index is 1.98. The van der Waals surface area contributed by atoms with Gasteiger partial charge in [0.25, 0.3) is 5.91 Å². The van der Waals surface area contributed by atoms with Gasteiger partial charge in [0.2, 0.25) is 5.95 Å². The topological polar surface area (TPSA) is 66.9 Å². The molecule has 1 heterocycles. The van der Waals surface area contributed by atoms with Crippen molar-refractivity contribution in [3.8, 4) is 0 Å². The van der Waals surface area contributed by atoms with Crippen molar-refractivity contribution in [2.45, 2.75) is 19.8 Å². The minimum atomic E-state index is -0.307. The van der Waals surface area contributed by atoms with Crippen LogP contribution in [-0.2, 0) is 0 Å². The number of benzene rings is 1. The summed E-state index contributed by atoms with van der Waals surface area (Å²) in [6, 6.07) is 4.88. The van der Waals surface area contributed by atoms with Crippen LogP contribution in [0, 0.1) is 0 Å². The van der Waals surface area contributed by atoms with Gasteiger partial charge in [0.15, 0.2) is 0 Å². The Morgan fingerprint density at radius 3 is 2.55 bits per heavy atom. The van der Waals surface area contributed by atoms with Gasteiger partial charge in [-0.05, 0) is 24.6 Å². The number of anilines is 2. The van der Waals surface area contributed by atoms with Crippen molar-refractivity contribution in [1.82, 2.24) is 9.97 Å². The number of amides is 1. The lowest BCUT2D eigenvalue weighted by Crippen LogP contribution is -2.13. The van der Waals surface area contributed by atoms with Crippen molar-refractivity contribution in [2.75, 3.05) is 17.2 Å². The molecule has 0 spiro atoms. The van der Waals surface area contributed by atoms with Crippen molar-refractivity contribution >= 4 is 40.7 Å². The van der Waals surface area contributed by atoms with Crippen LogP contribution in [0.2, 0.25) is 10.0 Å². The second-order valence-corrected chi connectivity index (χ2v) is 5.47. The standard InChI is InChI=1S/C15H16Cl2N4O/c1-2-3-6-18-15-19-8-10(9-20-15)14(22)21-11-4-5-12(16)13(17)7-11/h4-5,7-9H,2-3,6H2,1H3,(H,21,22)(H,18,19,20). The van der Waals surface area contributed by atoms with Crippen LogP contribution in [0.5, 0.6) is 0 Å². The van der Waals surface area contributed by atoms with Gasteiger partial charge in [-0.3, -0.25) is 4.79 Å². The average molecular weight is 339 g/mol. The summed E-state index contributed by atoms with van der Waals surface area (Å²) in [6.07, 6.45) is 5.10. The van der Waals surface area contributed by atoms with Gasteiger partial charge in [-0.2, -0.15) is 0 Å². The maximum atomic E-state index is 12.1. The summed E-state index contributed by atoms with van der Waals surface area (Å²) in [5.74, 6) is 0.207. The molecule has 0 radical (unpaired) electrons. The fourth-order valence-corrected chi connectivity index (χ4v) is 1.99. The second-order valence-electron chi connectivity index (χ2n) is 4.66. The average Bonchev–Trinajstić information content (AvgIpc) is 2.52. The number of hydrogen-bond acceptors (Lipinski definition) is 4. The molecule has 1 amide bonds. The van der Waals surface area contributed by atoms with E-state index < -0.39 is 0 Å². The molecule has 0 bridgehead atoms. The number of carbonyl (C=O) groups is 1. The van der Waals surface area contributed by atoms with Gasteiger partial charge in [-0.25, -0.2) is 9.97 Å². The SMILES string of the molecule is CCCCNc1ncc(C(=O)Nc2ccc(Cl)c(Cl)c2)cn1. The van der Waals surface area contributed by atoms with Gasteiger partial charge < -0.3 is 10.6 Å². The third-order valence-electron chi connectivity index (χ3n) is 2.90. The Bertz CT molecular complexity index is 646. The Hall–Kier alpha value is -1.85. The maximum Gasteiger partial charge on any atom is 0.258 e. The highest BCUT2D eigenvalue weighted by atomic mass is 35.5. The van der Waals surface area contributed by atoms with Crippen molar-refractivity contribution < 1.29 is 4.79 Å². The zero-order chi connectivity index (χ0) is 15.9. The molecule has 0 atom stereocenters. The summed E-state index contributed by atoms with van der Waals surface area (Å²) < 4.78 is 0. The van der Waals surface area contributed by atoms with Crippen molar-refractivity contribution in [2.24, 2.45) is 0 Å². The van der Waals surface area contributed by atoms with E-state index in [1.807, 2.05) is 0 Å². The van der Waals surface area contributed by atoms with E-state index >= 15 is 0 Å². The lowest BCUT2D eigenvalue weighted by Gasteiger charge is -2.07. The van der Waals surface area contributed by atoms with Crippen molar-refractivity contribution in [3.63, 3.8) is 0 Å². The number of carbonyl (C=O) groups excluding carboxylic acids is 1. The van der Waals surface area contributed by atoms with Crippen LogP contribution >= 0.6 is 23.2 Å². The first-order chi connectivity index (χ1) is 10.6. The molecule has 0 saturated heterocycles. The quantitative estimate of drug-likeness (QED) is 0.772. The van der Waals surface area contributed by atoms with Crippen LogP contribution in [0.1, 0.15) is 30.1 Å². The van der Waals surface area contributed by atoms with Gasteiger partial charge in [0.05, 0.1) is 15.6 Å². The molecule has 7 heteroatoms. The molecule has 2 rings (SSSR count). The first-order valence-corrected chi connectivity index (χ1v) is 7.68. The van der Waals surface area contributed by atoms with Gasteiger partial charge in [0.1, 0.15) is 0 Å². The number of halogens is 2. The number of rotatable bonds is 6. The summed E-state index contributed by atoms with van der Waals surface area (Å²) in [4.78, 5) is 20.3. The van der Waals surface area contributed by atoms with Crippen molar-refractivity contribution in [3.05, 3.63) is 46.2 Å². The monoisotopic (exact) mass is 338 g/mol. The van der Waals surface area contributed by atoms with E-state index in [9.17, 15) is 4.79 Å². The lowest BCUT2D eigenvalue weighted by atomic mass is 10.3. The highest BCUT2D eigenvalue weighted by Crippen LogP contribution is 2.25. The molecule has 0 fully saturated rings. The third-order valence-corrected chi connectivity index (χ3v) is 3.64. The molecule has 22 heavy (non-hydrogen) atoms. The molecule has 5 nitrogen and oxygen atoms in total. The zero-order valence-electron chi connectivity index (χ0n) is 12.1. The second kappa shape index (κ2) is 7.96. The highest BCUT2D eigenvalue weighted by molar-refractivity contribution is 6.42. The fraction of sp³-hybridized carbons (Fsp3) is 0.267. The molecule has 0 aliphatic rings. The number of unbranched alkanes of at least 4 members (excludes halogenated alkanes) is 1. The van der Waals surface area contributed by atoms with Crippen LogP contribution < -0.4 is 10.6 Å². The summed E-state index contributed by atoms with van der Waals surface area (Å²) in [5.41, 5.74) is 0.927. The van der Waals surface area contributed by atoms with E-state index in [-0.39, 0.29) is 5.91 Å². The molecule has 116 valence electrons. The Labute approximate surface area is 139 Å². The first-order valence-electron chi connectivity index (χ1n) is 6.92. The minimum Gasteiger partial charge on any atom is -0.354 e. The van der Waals surface area contributed by atoms with Gasteiger partial charge in [0, 0.05) is 24.6 Å². The van der Waals surface area contributed by atoms with Crippen LogP contribution in [-0.4, -0.2) is 22.4 Å². The molecule has 2 aromatic rings. The van der Waals surface area contributed by atoms with Crippen LogP contribution in [0.25, 0.3) is 0 Å². The molecule has 0 saturated carbocycles. The summed E-state index contributed by atoms with van der Waals surface area (Å²) in [5, 5.41) is 6.62. The van der Waals surface area contributed by atoms with Crippen LogP contribution in [0.4, 0.5) is 11.6 Å². The molecule has 2 N–H and O–H groups in total. The van der Waals surface area contributed by atoms with E-state index in [0.29, 0.717) is 27.2 Å². The van der Waals surface area contributed by atoms with E-state index in [2.05, 4.69) is 27.5 Å².